The summed E-state index contributed by atoms with van der Waals surface area (Å²) in [4.78, 5) is 22.3. The van der Waals surface area contributed by atoms with E-state index in [0.717, 1.165) is 16.7 Å². The molecule has 4 aromatic rings. The minimum absolute atomic E-state index is 0.110. The number of fused-ring (bicyclic) bond motifs is 6. The Hall–Kier alpha value is -4.76. The van der Waals surface area contributed by atoms with Crippen molar-refractivity contribution < 1.29 is 14.3 Å². The van der Waals surface area contributed by atoms with E-state index in [9.17, 15) is 9.59 Å². The van der Waals surface area contributed by atoms with Gasteiger partial charge in [0.25, 0.3) is 0 Å². The van der Waals surface area contributed by atoms with Crippen molar-refractivity contribution in [1.82, 2.24) is 0 Å². The quantitative estimate of drug-likeness (QED) is 0.0913. The molecule has 0 unspecified atom stereocenters. The minimum Gasteiger partial charge on any atom is -0.465 e. The van der Waals surface area contributed by atoms with E-state index in [1.54, 1.807) is 41.5 Å². The predicted molar refractivity (Wildman–Crippen MR) is 223 cm³/mol. The number of ether oxygens (including phenoxy) is 1. The van der Waals surface area contributed by atoms with Crippen LogP contribution in [-0.2, 0) is 14.9 Å². The lowest BCUT2D eigenvalue weighted by molar-refractivity contribution is -0.110. The molecule has 53 heavy (non-hydrogen) atoms. The Morgan fingerprint density at radius 1 is 0.566 bits per heavy atom. The number of methoxy groups -OCH3 is 1. The first kappa shape index (κ1) is 39.4. The molecule has 4 aromatic carbocycles. The van der Waals surface area contributed by atoms with Crippen LogP contribution in [0.1, 0.15) is 136 Å². The van der Waals surface area contributed by atoms with Crippen molar-refractivity contribution >= 4 is 23.4 Å². The maximum absolute atomic E-state index is 11.5. The van der Waals surface area contributed by atoms with Gasteiger partial charge < -0.3 is 4.74 Å². The summed E-state index contributed by atoms with van der Waals surface area (Å²) < 4.78 is 4.50. The molecule has 0 saturated carbocycles. The standard InChI is InChI=1S/C29H42.C13H8O.C8H8O2/c1-3-5-7-9-11-17-23-29(24-18-12-10-8-6-4-2)27-21-15-13-19-25(27)26-20-14-16-22-28(26)29;14-13-7-3-6-11-10-5-2-1-4-9(10)8-12(11)13;1-10-8(9)7-5-3-2-4-6-7/h13-16,19-22H,3-12,17-18,23-24H2,1-2H3;1-8H;2-6H,1H3. The molecule has 0 bridgehead atoms. The predicted octanol–water partition coefficient (Wildman–Crippen LogP) is 13.5. The number of benzene rings is 4. The summed E-state index contributed by atoms with van der Waals surface area (Å²) in [6, 6.07) is 35.5. The monoisotopic (exact) mass is 706 g/mol. The van der Waals surface area contributed by atoms with Gasteiger partial charge in [-0.05, 0) is 76.1 Å². The van der Waals surface area contributed by atoms with E-state index in [1.807, 2.05) is 42.5 Å². The SMILES string of the molecule is CCCCCCCCC1(CCCCCCCC)c2ccccc2-c2ccccc21.COC(=O)c1ccccc1.O=C1C=CC=C2C1=Cc1ccccc12. The molecule has 0 radical (unpaired) electrons. The van der Waals surface area contributed by atoms with Crippen LogP contribution in [0.5, 0.6) is 0 Å². The van der Waals surface area contributed by atoms with Crippen LogP contribution in [-0.4, -0.2) is 18.9 Å². The highest BCUT2D eigenvalue weighted by Crippen LogP contribution is 2.54. The lowest BCUT2D eigenvalue weighted by Gasteiger charge is -2.33. The van der Waals surface area contributed by atoms with Gasteiger partial charge in [-0.15, -0.1) is 0 Å². The molecule has 3 aliphatic rings. The third kappa shape index (κ3) is 10.0. The molecular formula is C50H58O3. The van der Waals surface area contributed by atoms with Gasteiger partial charge in [-0.2, -0.15) is 0 Å². The van der Waals surface area contributed by atoms with E-state index in [4.69, 9.17) is 0 Å². The van der Waals surface area contributed by atoms with Crippen LogP contribution < -0.4 is 0 Å². The summed E-state index contributed by atoms with van der Waals surface area (Å²) in [6.45, 7) is 4.61. The van der Waals surface area contributed by atoms with Crippen LogP contribution in [0.15, 0.2) is 127 Å². The second-order valence-electron chi connectivity index (χ2n) is 14.5. The first-order valence-electron chi connectivity index (χ1n) is 20.1. The minimum atomic E-state index is -0.291. The Balaban J connectivity index is 0.000000184. The van der Waals surface area contributed by atoms with Crippen LogP contribution >= 0.6 is 0 Å². The number of carbonyl (C=O) groups is 2. The third-order valence-corrected chi connectivity index (χ3v) is 10.9. The molecular weight excluding hydrogens is 649 g/mol. The number of rotatable bonds is 15. The highest BCUT2D eigenvalue weighted by atomic mass is 16.5. The van der Waals surface area contributed by atoms with Gasteiger partial charge in [0.1, 0.15) is 0 Å². The van der Waals surface area contributed by atoms with E-state index in [0.29, 0.717) is 5.56 Å². The second kappa shape index (κ2) is 20.5. The summed E-state index contributed by atoms with van der Waals surface area (Å²) in [7, 11) is 1.37. The van der Waals surface area contributed by atoms with E-state index in [2.05, 4.69) is 73.2 Å². The van der Waals surface area contributed by atoms with Gasteiger partial charge in [0, 0.05) is 11.0 Å². The van der Waals surface area contributed by atoms with Crippen LogP contribution in [0.3, 0.4) is 0 Å². The topological polar surface area (TPSA) is 43.4 Å². The Kier molecular flexibility index (Phi) is 15.2. The maximum atomic E-state index is 11.5. The van der Waals surface area contributed by atoms with Gasteiger partial charge in [-0.3, -0.25) is 4.79 Å². The zero-order valence-corrected chi connectivity index (χ0v) is 32.2. The highest BCUT2D eigenvalue weighted by molar-refractivity contribution is 6.23. The maximum Gasteiger partial charge on any atom is 0.337 e. The molecule has 0 fully saturated rings. The lowest BCUT2D eigenvalue weighted by Crippen LogP contribution is -2.25. The van der Waals surface area contributed by atoms with Crippen LogP contribution in [0.25, 0.3) is 22.8 Å². The molecule has 0 spiro atoms. The number of hydrogen-bond donors (Lipinski definition) is 0. The summed E-state index contributed by atoms with van der Waals surface area (Å²) in [5, 5.41) is 0. The van der Waals surface area contributed by atoms with Crippen molar-refractivity contribution in [3.05, 3.63) is 155 Å². The van der Waals surface area contributed by atoms with Gasteiger partial charge in [0.05, 0.1) is 12.7 Å². The fraction of sp³-hybridized carbons (Fsp3) is 0.360. The number of esters is 1. The molecule has 0 heterocycles. The summed E-state index contributed by atoms with van der Waals surface area (Å²) >= 11 is 0. The zero-order chi connectivity index (χ0) is 37.3. The van der Waals surface area contributed by atoms with E-state index >= 15 is 0 Å². The van der Waals surface area contributed by atoms with E-state index in [-0.39, 0.29) is 17.2 Å². The summed E-state index contributed by atoms with van der Waals surface area (Å²) in [6.07, 6.45) is 26.6. The van der Waals surface area contributed by atoms with Gasteiger partial charge in [0.2, 0.25) is 0 Å². The first-order chi connectivity index (χ1) is 26.0. The molecule has 3 nitrogen and oxygen atoms in total. The van der Waals surface area contributed by atoms with Crippen molar-refractivity contribution in [3.63, 3.8) is 0 Å². The molecule has 0 N–H and O–H groups in total. The van der Waals surface area contributed by atoms with Gasteiger partial charge in [-0.25, -0.2) is 4.79 Å². The zero-order valence-electron chi connectivity index (χ0n) is 32.2. The van der Waals surface area contributed by atoms with Crippen molar-refractivity contribution in [2.75, 3.05) is 7.11 Å². The number of unbranched alkanes of at least 4 members (excludes halogenated alkanes) is 10. The van der Waals surface area contributed by atoms with Crippen LogP contribution in [0.2, 0.25) is 0 Å². The summed E-state index contributed by atoms with van der Waals surface area (Å²) in [5.41, 5.74) is 11.3. The van der Waals surface area contributed by atoms with Crippen molar-refractivity contribution in [2.45, 2.75) is 109 Å². The number of allylic oxidation sites excluding steroid dienone is 5. The van der Waals surface area contributed by atoms with Gasteiger partial charge >= 0.3 is 5.97 Å². The Morgan fingerprint density at radius 3 is 1.62 bits per heavy atom. The lowest BCUT2D eigenvalue weighted by atomic mass is 9.70. The van der Waals surface area contributed by atoms with Crippen molar-refractivity contribution in [3.8, 4) is 11.1 Å². The third-order valence-electron chi connectivity index (χ3n) is 10.9. The number of ketones is 1. The average molecular weight is 707 g/mol. The Bertz CT molecular complexity index is 1810. The Morgan fingerprint density at radius 2 is 1.06 bits per heavy atom. The Labute approximate surface area is 318 Å². The molecule has 7 rings (SSSR count). The normalized spacial score (nSPS) is 13.9. The van der Waals surface area contributed by atoms with Gasteiger partial charge in [0.15, 0.2) is 5.78 Å². The van der Waals surface area contributed by atoms with Crippen molar-refractivity contribution in [1.29, 1.82) is 0 Å². The summed E-state index contributed by atoms with van der Waals surface area (Å²) in [5.74, 6) is -0.181. The molecule has 0 aromatic heterocycles. The first-order valence-corrected chi connectivity index (χ1v) is 20.1. The fourth-order valence-electron chi connectivity index (χ4n) is 8.14. The fourth-order valence-corrected chi connectivity index (χ4v) is 8.14. The molecule has 0 saturated heterocycles. The molecule has 0 amide bonds. The number of carbonyl (C=O) groups excluding carboxylic acids is 2. The van der Waals surface area contributed by atoms with Crippen LogP contribution in [0.4, 0.5) is 0 Å². The van der Waals surface area contributed by atoms with E-state index in [1.165, 1.54) is 114 Å². The number of hydrogen-bond acceptors (Lipinski definition) is 3. The highest BCUT2D eigenvalue weighted by Gasteiger charge is 2.41. The van der Waals surface area contributed by atoms with E-state index < -0.39 is 0 Å². The molecule has 3 aliphatic carbocycles. The molecule has 276 valence electrons. The van der Waals surface area contributed by atoms with Gasteiger partial charge in [-0.1, -0.05) is 194 Å². The van der Waals surface area contributed by atoms with Crippen molar-refractivity contribution in [2.24, 2.45) is 0 Å². The molecule has 0 aliphatic heterocycles. The molecule has 3 heteroatoms. The second-order valence-corrected chi connectivity index (χ2v) is 14.5. The smallest absolute Gasteiger partial charge is 0.337 e. The van der Waals surface area contributed by atoms with Crippen LogP contribution in [0, 0.1) is 0 Å². The average Bonchev–Trinajstić information content (AvgIpc) is 3.73. The largest absolute Gasteiger partial charge is 0.465 e. The molecule has 0 atom stereocenters.